The number of aromatic nitrogens is 2. The van der Waals surface area contributed by atoms with Crippen molar-refractivity contribution < 1.29 is 9.90 Å². The zero-order valence-corrected chi connectivity index (χ0v) is 14.9. The number of aryl methyl sites for hydroxylation is 1. The van der Waals surface area contributed by atoms with Crippen molar-refractivity contribution in [3.8, 4) is 22.5 Å². The third-order valence-electron chi connectivity index (χ3n) is 4.52. The van der Waals surface area contributed by atoms with Crippen molar-refractivity contribution >= 4 is 21.9 Å². The van der Waals surface area contributed by atoms with Crippen LogP contribution in [0.3, 0.4) is 0 Å². The molecular weight excluding hydrogens is 332 g/mol. The summed E-state index contributed by atoms with van der Waals surface area (Å²) >= 11 is 0. The van der Waals surface area contributed by atoms with E-state index >= 15 is 0 Å². The second-order valence-corrected chi connectivity index (χ2v) is 6.49. The van der Waals surface area contributed by atoms with Gasteiger partial charge < -0.3 is 4.42 Å². The van der Waals surface area contributed by atoms with Crippen LogP contribution in [0.2, 0.25) is 0 Å². The molecule has 0 aliphatic heterocycles. The summed E-state index contributed by atoms with van der Waals surface area (Å²) in [7, 11) is 0. The molecule has 0 aliphatic rings. The Labute approximate surface area is 162 Å². The lowest BCUT2D eigenvalue weighted by Gasteiger charge is -2.07. The smallest absolute Gasteiger partial charge is 0.135 e. The standard InChI is InChI=1S/C24H18N2O/c1-15-6-5-7-17(12-15)21-14-22(26-16(2)25-21)18-10-11-24-20(13-18)19-8-3-4-9-23(19)27-24/h3-14H,1-2H3/i5D,6D,7D,12D. The Morgan fingerprint density at radius 3 is 2.48 bits per heavy atom. The summed E-state index contributed by atoms with van der Waals surface area (Å²) in [4.78, 5) is 9.03. The predicted octanol–water partition coefficient (Wildman–Crippen LogP) is 6.33. The minimum absolute atomic E-state index is 0.0475. The van der Waals surface area contributed by atoms with Crippen LogP contribution < -0.4 is 0 Å². The zero-order valence-electron chi connectivity index (χ0n) is 18.9. The van der Waals surface area contributed by atoms with Crippen LogP contribution in [-0.4, -0.2) is 9.97 Å². The van der Waals surface area contributed by atoms with Gasteiger partial charge in [0.2, 0.25) is 0 Å². The monoisotopic (exact) mass is 354 g/mol. The average molecular weight is 354 g/mol. The second-order valence-electron chi connectivity index (χ2n) is 6.49. The summed E-state index contributed by atoms with van der Waals surface area (Å²) < 4.78 is 38.7. The van der Waals surface area contributed by atoms with Crippen molar-refractivity contribution in [2.24, 2.45) is 0 Å². The SMILES string of the molecule is [2H]c1c([2H])c(C)c([2H])c(-c2cc(-c3ccc4oc5ccccc5c4c3)nc(C)n2)c1[2H]. The molecule has 0 saturated heterocycles. The van der Waals surface area contributed by atoms with Crippen LogP contribution in [0.1, 0.15) is 16.9 Å². The second kappa shape index (κ2) is 6.06. The van der Waals surface area contributed by atoms with E-state index in [1.54, 1.807) is 19.9 Å². The molecule has 3 heteroatoms. The third-order valence-corrected chi connectivity index (χ3v) is 4.52. The molecule has 2 heterocycles. The van der Waals surface area contributed by atoms with E-state index < -0.39 is 0 Å². The molecule has 2 aromatic heterocycles. The topological polar surface area (TPSA) is 38.9 Å². The van der Waals surface area contributed by atoms with Gasteiger partial charge >= 0.3 is 0 Å². The summed E-state index contributed by atoms with van der Waals surface area (Å²) in [6, 6.07) is 15.0. The molecule has 0 unspecified atom stereocenters. The van der Waals surface area contributed by atoms with E-state index in [0.717, 1.165) is 27.5 Å². The van der Waals surface area contributed by atoms with Gasteiger partial charge in [-0.3, -0.25) is 0 Å². The Hall–Kier alpha value is -3.46. The highest BCUT2D eigenvalue weighted by atomic mass is 16.3. The quantitative estimate of drug-likeness (QED) is 0.372. The molecular formula is C24H18N2O. The highest BCUT2D eigenvalue weighted by Gasteiger charge is 2.11. The Bertz CT molecular complexity index is 1480. The summed E-state index contributed by atoms with van der Waals surface area (Å²) in [5.41, 5.74) is 4.15. The van der Waals surface area contributed by atoms with Gasteiger partial charge in [0.25, 0.3) is 0 Å². The summed E-state index contributed by atoms with van der Waals surface area (Å²) in [5.74, 6) is 0.502. The highest BCUT2D eigenvalue weighted by molar-refractivity contribution is 6.06. The molecule has 0 bridgehead atoms. The molecule has 0 amide bonds. The summed E-state index contributed by atoms with van der Waals surface area (Å²) in [5, 5.41) is 2.00. The van der Waals surface area contributed by atoms with Crippen LogP contribution in [0.4, 0.5) is 0 Å². The Morgan fingerprint density at radius 1 is 0.815 bits per heavy atom. The lowest BCUT2D eigenvalue weighted by molar-refractivity contribution is 0.669. The fourth-order valence-electron chi connectivity index (χ4n) is 3.29. The van der Waals surface area contributed by atoms with Gasteiger partial charge in [-0.05, 0) is 50.2 Å². The molecule has 0 N–H and O–H groups in total. The van der Waals surface area contributed by atoms with Gasteiger partial charge in [0, 0.05) is 21.9 Å². The molecule has 0 spiro atoms. The Morgan fingerprint density at radius 2 is 1.59 bits per heavy atom. The van der Waals surface area contributed by atoms with Crippen LogP contribution >= 0.6 is 0 Å². The predicted molar refractivity (Wildman–Crippen MR) is 110 cm³/mol. The molecule has 3 nitrogen and oxygen atoms in total. The van der Waals surface area contributed by atoms with E-state index in [1.165, 1.54) is 0 Å². The van der Waals surface area contributed by atoms with Gasteiger partial charge in [-0.1, -0.05) is 41.9 Å². The van der Waals surface area contributed by atoms with Crippen LogP contribution in [-0.2, 0) is 0 Å². The average Bonchev–Trinajstić information content (AvgIpc) is 3.14. The minimum atomic E-state index is -0.201. The Kier molecular flexibility index (Phi) is 2.70. The van der Waals surface area contributed by atoms with E-state index in [4.69, 9.17) is 9.90 Å². The van der Waals surface area contributed by atoms with E-state index in [9.17, 15) is 0 Å². The summed E-state index contributed by atoms with van der Waals surface area (Å²) in [6.07, 6.45) is 0. The lowest BCUT2D eigenvalue weighted by atomic mass is 10.0. The van der Waals surface area contributed by atoms with Crippen molar-refractivity contribution in [1.82, 2.24) is 9.97 Å². The number of para-hydroxylation sites is 1. The number of hydrogen-bond acceptors (Lipinski definition) is 3. The van der Waals surface area contributed by atoms with E-state index in [2.05, 4.69) is 9.97 Å². The molecule has 0 radical (unpaired) electrons. The van der Waals surface area contributed by atoms with E-state index in [-0.39, 0.29) is 29.7 Å². The van der Waals surface area contributed by atoms with Crippen molar-refractivity contribution in [3.05, 3.63) is 84.1 Å². The maximum atomic E-state index is 8.44. The number of fused-ring (bicyclic) bond motifs is 3. The minimum Gasteiger partial charge on any atom is -0.456 e. The zero-order chi connectivity index (χ0) is 21.9. The normalized spacial score (nSPS) is 13.4. The van der Waals surface area contributed by atoms with Crippen molar-refractivity contribution in [3.63, 3.8) is 0 Å². The van der Waals surface area contributed by atoms with Gasteiger partial charge in [-0.15, -0.1) is 0 Å². The number of nitrogens with zero attached hydrogens (tertiary/aromatic N) is 2. The van der Waals surface area contributed by atoms with E-state index in [0.29, 0.717) is 22.8 Å². The van der Waals surface area contributed by atoms with Gasteiger partial charge in [-0.2, -0.15) is 0 Å². The summed E-state index contributed by atoms with van der Waals surface area (Å²) in [6.45, 7) is 3.39. The van der Waals surface area contributed by atoms with Crippen molar-refractivity contribution in [2.45, 2.75) is 13.8 Å². The van der Waals surface area contributed by atoms with Gasteiger partial charge in [0.1, 0.15) is 17.0 Å². The molecule has 5 aromatic rings. The number of rotatable bonds is 2. The molecule has 0 aliphatic carbocycles. The molecule has 0 atom stereocenters. The van der Waals surface area contributed by atoms with Crippen molar-refractivity contribution in [2.75, 3.05) is 0 Å². The van der Waals surface area contributed by atoms with Gasteiger partial charge in [-0.25, -0.2) is 9.97 Å². The maximum absolute atomic E-state index is 8.44. The van der Waals surface area contributed by atoms with E-state index in [1.807, 2.05) is 42.5 Å². The van der Waals surface area contributed by atoms with Crippen LogP contribution in [0, 0.1) is 13.8 Å². The first kappa shape index (κ1) is 12.0. The molecule has 0 saturated carbocycles. The largest absolute Gasteiger partial charge is 0.456 e. The van der Waals surface area contributed by atoms with Gasteiger partial charge in [0.15, 0.2) is 0 Å². The number of hydrogen-bond donors (Lipinski definition) is 0. The first-order valence-electron chi connectivity index (χ1n) is 10.7. The van der Waals surface area contributed by atoms with Crippen LogP contribution in [0.25, 0.3) is 44.5 Å². The molecule has 130 valence electrons. The molecule has 5 rings (SSSR count). The fraction of sp³-hybridized carbons (Fsp3) is 0.0833. The molecule has 0 fully saturated rings. The first-order valence-corrected chi connectivity index (χ1v) is 8.70. The van der Waals surface area contributed by atoms with Crippen LogP contribution in [0.15, 0.2) is 77.1 Å². The van der Waals surface area contributed by atoms with Crippen LogP contribution in [0.5, 0.6) is 0 Å². The maximum Gasteiger partial charge on any atom is 0.135 e. The highest BCUT2D eigenvalue weighted by Crippen LogP contribution is 2.32. The first-order chi connectivity index (χ1) is 14.8. The Balaban J connectivity index is 1.73. The van der Waals surface area contributed by atoms with Gasteiger partial charge in [0.05, 0.1) is 16.9 Å². The lowest BCUT2D eigenvalue weighted by Crippen LogP contribution is -1.95. The number of furan rings is 1. The number of benzene rings is 3. The molecule has 3 aromatic carbocycles. The third kappa shape index (κ3) is 2.77. The molecule has 27 heavy (non-hydrogen) atoms. The van der Waals surface area contributed by atoms with Crippen molar-refractivity contribution in [1.29, 1.82) is 0 Å². The fourth-order valence-corrected chi connectivity index (χ4v) is 3.29.